The van der Waals surface area contributed by atoms with E-state index in [1.165, 1.54) is 11.2 Å². The van der Waals surface area contributed by atoms with Gasteiger partial charge in [0.05, 0.1) is 5.52 Å². The molecule has 5 rings (SSSR count). The van der Waals surface area contributed by atoms with E-state index in [0.29, 0.717) is 5.82 Å². The third-order valence-corrected chi connectivity index (χ3v) is 5.22. The Labute approximate surface area is 210 Å². The van der Waals surface area contributed by atoms with Crippen LogP contribution in [0.15, 0.2) is 73.4 Å². The molecule has 0 aliphatic heterocycles. The van der Waals surface area contributed by atoms with Gasteiger partial charge in [-0.2, -0.15) is 0 Å². The predicted molar refractivity (Wildman–Crippen MR) is 143 cm³/mol. The SMILES string of the molecule is CN(C)C.Cc1cc(Nc2ncnc3ccc(N(C)C=O)cc23)ccc1Oc1ccn2ccnc2c1. The van der Waals surface area contributed by atoms with Crippen molar-refractivity contribution in [3.8, 4) is 11.5 Å². The summed E-state index contributed by atoms with van der Waals surface area (Å²) in [7, 11) is 7.71. The number of rotatable bonds is 6. The second-order valence-corrected chi connectivity index (χ2v) is 8.74. The van der Waals surface area contributed by atoms with E-state index in [-0.39, 0.29) is 0 Å². The van der Waals surface area contributed by atoms with Gasteiger partial charge in [-0.05, 0) is 76.1 Å². The molecule has 0 bridgehead atoms. The third kappa shape index (κ3) is 5.76. The molecule has 0 radical (unpaired) electrons. The van der Waals surface area contributed by atoms with Crippen LogP contribution in [0.1, 0.15) is 5.56 Å². The number of anilines is 3. The van der Waals surface area contributed by atoms with Crippen LogP contribution in [0.3, 0.4) is 0 Å². The molecule has 9 heteroatoms. The molecule has 0 aliphatic rings. The summed E-state index contributed by atoms with van der Waals surface area (Å²) in [5.41, 5.74) is 4.22. The van der Waals surface area contributed by atoms with E-state index < -0.39 is 0 Å². The number of aryl methyl sites for hydroxylation is 1. The molecule has 0 saturated carbocycles. The van der Waals surface area contributed by atoms with Crippen molar-refractivity contribution < 1.29 is 9.53 Å². The van der Waals surface area contributed by atoms with Gasteiger partial charge in [-0.25, -0.2) is 15.0 Å². The molecule has 184 valence electrons. The van der Waals surface area contributed by atoms with Gasteiger partial charge in [0.25, 0.3) is 0 Å². The monoisotopic (exact) mass is 483 g/mol. The number of fused-ring (bicyclic) bond motifs is 2. The van der Waals surface area contributed by atoms with Gasteiger partial charge < -0.3 is 24.3 Å². The summed E-state index contributed by atoms with van der Waals surface area (Å²) in [4.78, 5) is 27.7. The van der Waals surface area contributed by atoms with E-state index in [1.54, 1.807) is 13.2 Å². The van der Waals surface area contributed by atoms with E-state index in [0.717, 1.165) is 51.4 Å². The van der Waals surface area contributed by atoms with Crippen LogP contribution in [-0.2, 0) is 4.79 Å². The Morgan fingerprint density at radius 1 is 0.944 bits per heavy atom. The molecule has 9 nitrogen and oxygen atoms in total. The minimum absolute atomic E-state index is 0.661. The fraction of sp³-hybridized carbons (Fsp3) is 0.185. The predicted octanol–water partition coefficient (Wildman–Crippen LogP) is 4.89. The van der Waals surface area contributed by atoms with Gasteiger partial charge in [-0.1, -0.05) is 0 Å². The normalized spacial score (nSPS) is 10.7. The number of carbonyl (C=O) groups is 1. The number of benzene rings is 2. The summed E-state index contributed by atoms with van der Waals surface area (Å²) in [6, 6.07) is 15.3. The Bertz CT molecular complexity index is 1490. The Kier molecular flexibility index (Phi) is 7.41. The highest BCUT2D eigenvalue weighted by molar-refractivity contribution is 5.94. The average Bonchev–Trinajstić information content (AvgIpc) is 3.33. The highest BCUT2D eigenvalue weighted by atomic mass is 16.5. The molecule has 3 aromatic heterocycles. The van der Waals surface area contributed by atoms with Crippen LogP contribution >= 0.6 is 0 Å². The number of imidazole rings is 1. The first-order valence-electron chi connectivity index (χ1n) is 11.4. The van der Waals surface area contributed by atoms with Crippen molar-refractivity contribution in [2.75, 3.05) is 38.4 Å². The number of hydrogen-bond donors (Lipinski definition) is 1. The quantitative estimate of drug-likeness (QED) is 0.344. The molecule has 5 aromatic rings. The van der Waals surface area contributed by atoms with E-state index in [4.69, 9.17) is 4.74 Å². The van der Waals surface area contributed by atoms with E-state index in [1.807, 2.05) is 98.3 Å². The van der Waals surface area contributed by atoms with Crippen molar-refractivity contribution in [2.45, 2.75) is 6.92 Å². The zero-order valence-electron chi connectivity index (χ0n) is 21.0. The number of hydrogen-bond acceptors (Lipinski definition) is 7. The minimum Gasteiger partial charge on any atom is -0.457 e. The molecule has 1 amide bonds. The lowest BCUT2D eigenvalue weighted by molar-refractivity contribution is -0.107. The van der Waals surface area contributed by atoms with E-state index in [9.17, 15) is 4.79 Å². The van der Waals surface area contributed by atoms with Crippen molar-refractivity contribution in [3.63, 3.8) is 0 Å². The smallest absolute Gasteiger partial charge is 0.213 e. The Hall–Kier alpha value is -4.50. The summed E-state index contributed by atoms with van der Waals surface area (Å²) in [5.74, 6) is 2.14. The van der Waals surface area contributed by atoms with E-state index >= 15 is 0 Å². The number of nitrogens with one attached hydrogen (secondary N) is 1. The first kappa shape index (κ1) is 24.6. The number of pyridine rings is 1. The van der Waals surface area contributed by atoms with E-state index in [2.05, 4.69) is 20.3 Å². The maximum atomic E-state index is 11.1. The largest absolute Gasteiger partial charge is 0.457 e. The van der Waals surface area contributed by atoms with Gasteiger partial charge in [-0.15, -0.1) is 0 Å². The topological polar surface area (TPSA) is 87.9 Å². The molecule has 0 atom stereocenters. The van der Waals surface area contributed by atoms with Gasteiger partial charge in [0.2, 0.25) is 6.41 Å². The number of ether oxygens (including phenoxy) is 1. The van der Waals surface area contributed by atoms with Gasteiger partial charge >= 0.3 is 0 Å². The molecule has 0 unspecified atom stereocenters. The standard InChI is InChI=1S/C24H20N6O2.C3H9N/c1-16-11-17(3-6-22(16)32-19-7-9-30-10-8-25-23(30)13-19)28-24-20-12-18(29(2)15-31)4-5-21(20)26-14-27-24;1-4(2)3/h3-15H,1-2H3,(H,26,27,28);1-3H3. The molecular formula is C27H29N7O2. The number of nitrogens with zero attached hydrogens (tertiary/aromatic N) is 6. The number of amides is 1. The van der Waals surface area contributed by atoms with Crippen LogP contribution < -0.4 is 15.0 Å². The Morgan fingerprint density at radius 3 is 2.50 bits per heavy atom. The van der Waals surface area contributed by atoms with Crippen LogP contribution in [0.4, 0.5) is 17.2 Å². The van der Waals surface area contributed by atoms with Crippen LogP contribution in [0.25, 0.3) is 16.6 Å². The summed E-state index contributed by atoms with van der Waals surface area (Å²) in [5, 5.41) is 4.18. The van der Waals surface area contributed by atoms with Gasteiger partial charge in [0, 0.05) is 48.5 Å². The molecule has 0 saturated heterocycles. The maximum Gasteiger partial charge on any atom is 0.213 e. The second kappa shape index (κ2) is 10.8. The van der Waals surface area contributed by atoms with Gasteiger partial charge in [0.1, 0.15) is 29.3 Å². The highest BCUT2D eigenvalue weighted by Gasteiger charge is 2.09. The van der Waals surface area contributed by atoms with Crippen LogP contribution in [0, 0.1) is 6.92 Å². The molecule has 0 spiro atoms. The maximum absolute atomic E-state index is 11.1. The lowest BCUT2D eigenvalue weighted by Crippen LogP contribution is -2.13. The van der Waals surface area contributed by atoms with Crippen molar-refractivity contribution >= 4 is 40.2 Å². The fourth-order valence-electron chi connectivity index (χ4n) is 3.48. The second-order valence-electron chi connectivity index (χ2n) is 8.74. The molecule has 3 heterocycles. The summed E-state index contributed by atoms with van der Waals surface area (Å²) in [6.45, 7) is 1.99. The summed E-state index contributed by atoms with van der Waals surface area (Å²) >= 11 is 0. The first-order valence-corrected chi connectivity index (χ1v) is 11.4. The lowest BCUT2D eigenvalue weighted by atomic mass is 10.1. The first-order chi connectivity index (χ1) is 17.3. The number of carbonyl (C=O) groups excluding carboxylic acids is 1. The minimum atomic E-state index is 0.661. The third-order valence-electron chi connectivity index (χ3n) is 5.22. The highest BCUT2D eigenvalue weighted by Crippen LogP contribution is 2.31. The summed E-state index contributed by atoms with van der Waals surface area (Å²) < 4.78 is 8.00. The number of aromatic nitrogens is 4. The Morgan fingerprint density at radius 2 is 1.75 bits per heavy atom. The zero-order chi connectivity index (χ0) is 25.7. The van der Waals surface area contributed by atoms with Crippen molar-refractivity contribution in [1.29, 1.82) is 0 Å². The average molecular weight is 484 g/mol. The van der Waals surface area contributed by atoms with Crippen molar-refractivity contribution in [2.24, 2.45) is 0 Å². The molecule has 1 N–H and O–H groups in total. The van der Waals surface area contributed by atoms with Crippen LogP contribution in [0.5, 0.6) is 11.5 Å². The molecule has 2 aromatic carbocycles. The summed E-state index contributed by atoms with van der Waals surface area (Å²) in [6.07, 6.45) is 7.84. The molecule has 0 fully saturated rings. The van der Waals surface area contributed by atoms with Crippen molar-refractivity contribution in [1.82, 2.24) is 24.3 Å². The van der Waals surface area contributed by atoms with Gasteiger partial charge in [0.15, 0.2) is 0 Å². The van der Waals surface area contributed by atoms with Gasteiger partial charge in [-0.3, -0.25) is 4.79 Å². The molecule has 0 aliphatic carbocycles. The van der Waals surface area contributed by atoms with Crippen LogP contribution in [0.2, 0.25) is 0 Å². The van der Waals surface area contributed by atoms with Crippen molar-refractivity contribution in [3.05, 3.63) is 79.0 Å². The Balaban J connectivity index is 0.000000709. The zero-order valence-corrected chi connectivity index (χ0v) is 21.0. The molecular weight excluding hydrogens is 454 g/mol. The fourth-order valence-corrected chi connectivity index (χ4v) is 3.48. The lowest BCUT2D eigenvalue weighted by Gasteiger charge is -2.14. The van der Waals surface area contributed by atoms with Crippen LogP contribution in [-0.4, -0.2) is 58.9 Å². The molecule has 36 heavy (non-hydrogen) atoms.